The fourth-order valence-corrected chi connectivity index (χ4v) is 5.13. The topological polar surface area (TPSA) is 93.5 Å². The van der Waals surface area contributed by atoms with Crippen molar-refractivity contribution in [3.8, 4) is 11.5 Å². The number of hydrogen-bond donors (Lipinski definition) is 3. The zero-order chi connectivity index (χ0) is 23.5. The van der Waals surface area contributed by atoms with Gasteiger partial charge in [-0.1, -0.05) is 12.1 Å². The van der Waals surface area contributed by atoms with Crippen LogP contribution in [0.3, 0.4) is 0 Å². The van der Waals surface area contributed by atoms with E-state index in [4.69, 9.17) is 4.74 Å². The van der Waals surface area contributed by atoms with Crippen molar-refractivity contribution in [3.05, 3.63) is 57.6 Å². The van der Waals surface area contributed by atoms with E-state index in [1.54, 1.807) is 7.11 Å². The molecule has 7 nitrogen and oxygen atoms in total. The van der Waals surface area contributed by atoms with Crippen molar-refractivity contribution in [2.24, 2.45) is 0 Å². The monoisotopic (exact) mass is 454 g/mol. The molecule has 3 N–H and O–H groups in total. The van der Waals surface area contributed by atoms with Crippen molar-refractivity contribution in [2.75, 3.05) is 40.3 Å². The molecule has 1 aliphatic carbocycles. The van der Waals surface area contributed by atoms with Gasteiger partial charge in [-0.3, -0.25) is 4.79 Å². The first kappa shape index (κ1) is 23.5. The van der Waals surface area contributed by atoms with Crippen molar-refractivity contribution in [1.82, 2.24) is 9.80 Å². The second kappa shape index (κ2) is 10.1. The van der Waals surface area contributed by atoms with Crippen LogP contribution in [0.5, 0.6) is 11.5 Å². The van der Waals surface area contributed by atoms with Crippen LogP contribution >= 0.6 is 0 Å². The summed E-state index contributed by atoms with van der Waals surface area (Å²) in [5.74, 6) is 1.26. The van der Waals surface area contributed by atoms with Gasteiger partial charge < -0.3 is 29.9 Å². The average molecular weight is 455 g/mol. The number of ether oxygens (including phenoxy) is 1. The number of carbonyl (C=O) groups is 1. The number of phenols is 1. The summed E-state index contributed by atoms with van der Waals surface area (Å²) in [7, 11) is 3.67. The predicted molar refractivity (Wildman–Crippen MR) is 125 cm³/mol. The molecule has 2 aliphatic rings. The Balaban J connectivity index is 1.27. The average Bonchev–Trinajstić information content (AvgIpc) is 2.95. The van der Waals surface area contributed by atoms with E-state index in [0.717, 1.165) is 55.6 Å². The summed E-state index contributed by atoms with van der Waals surface area (Å²) in [6.07, 6.45) is 3.00. The van der Waals surface area contributed by atoms with Gasteiger partial charge in [-0.15, -0.1) is 0 Å². The van der Waals surface area contributed by atoms with Gasteiger partial charge in [0, 0.05) is 25.6 Å². The highest BCUT2D eigenvalue weighted by atomic mass is 16.5. The van der Waals surface area contributed by atoms with Crippen LogP contribution in [0.25, 0.3) is 0 Å². The number of methoxy groups -OCH3 is 1. The molecule has 0 bridgehead atoms. The molecule has 4 rings (SSSR count). The molecular formula is C26H34N2O5. The smallest absolute Gasteiger partial charge is 0.227 e. The quantitative estimate of drug-likeness (QED) is 0.537. The molecule has 7 heteroatoms. The van der Waals surface area contributed by atoms with E-state index in [9.17, 15) is 20.1 Å². The Morgan fingerprint density at radius 1 is 1.09 bits per heavy atom. The van der Waals surface area contributed by atoms with Gasteiger partial charge in [0.1, 0.15) is 0 Å². The summed E-state index contributed by atoms with van der Waals surface area (Å²) in [6, 6.07) is 7.57. The lowest BCUT2D eigenvalue weighted by molar-refractivity contribution is -0.130. The fourth-order valence-electron chi connectivity index (χ4n) is 5.13. The van der Waals surface area contributed by atoms with Crippen LogP contribution in [-0.4, -0.2) is 71.4 Å². The minimum Gasteiger partial charge on any atom is -0.504 e. The van der Waals surface area contributed by atoms with Gasteiger partial charge in [0.2, 0.25) is 5.91 Å². The molecule has 0 saturated heterocycles. The maximum atomic E-state index is 12.8. The molecule has 2 aromatic carbocycles. The molecule has 0 radical (unpaired) electrons. The van der Waals surface area contributed by atoms with E-state index in [2.05, 4.69) is 11.9 Å². The Morgan fingerprint density at radius 3 is 2.52 bits per heavy atom. The maximum Gasteiger partial charge on any atom is 0.227 e. The number of carbonyl (C=O) groups excluding carboxylic acids is 1. The molecular weight excluding hydrogens is 420 g/mol. The van der Waals surface area contributed by atoms with E-state index in [1.165, 1.54) is 11.1 Å². The van der Waals surface area contributed by atoms with Crippen molar-refractivity contribution in [2.45, 2.75) is 44.8 Å². The number of aliphatic hydroxyl groups excluding tert-OH is 2. The van der Waals surface area contributed by atoms with Gasteiger partial charge in [0.05, 0.1) is 26.7 Å². The van der Waals surface area contributed by atoms with Crippen LogP contribution in [-0.2, 0) is 37.3 Å². The van der Waals surface area contributed by atoms with Crippen molar-refractivity contribution < 1.29 is 24.9 Å². The van der Waals surface area contributed by atoms with Gasteiger partial charge in [0.25, 0.3) is 0 Å². The van der Waals surface area contributed by atoms with Crippen LogP contribution in [0.15, 0.2) is 24.3 Å². The molecule has 2 aromatic rings. The number of fused-ring (bicyclic) bond motifs is 2. The lowest BCUT2D eigenvalue weighted by atomic mass is 9.77. The molecule has 0 saturated carbocycles. The predicted octanol–water partition coefficient (Wildman–Crippen LogP) is 1.97. The van der Waals surface area contributed by atoms with Crippen LogP contribution in [0.1, 0.15) is 45.7 Å². The first-order valence-corrected chi connectivity index (χ1v) is 11.6. The van der Waals surface area contributed by atoms with Gasteiger partial charge in [-0.2, -0.15) is 0 Å². The van der Waals surface area contributed by atoms with Gasteiger partial charge in [0.15, 0.2) is 11.5 Å². The van der Waals surface area contributed by atoms with Crippen LogP contribution in [0, 0.1) is 0 Å². The van der Waals surface area contributed by atoms with E-state index in [0.29, 0.717) is 30.2 Å². The van der Waals surface area contributed by atoms with E-state index in [-0.39, 0.29) is 24.9 Å². The minimum absolute atomic E-state index is 0.105. The van der Waals surface area contributed by atoms with Crippen LogP contribution in [0.2, 0.25) is 0 Å². The number of hydrogen-bond acceptors (Lipinski definition) is 6. The highest BCUT2D eigenvalue weighted by Crippen LogP contribution is 2.42. The lowest BCUT2D eigenvalue weighted by Crippen LogP contribution is -2.36. The summed E-state index contributed by atoms with van der Waals surface area (Å²) < 4.78 is 5.19. The summed E-state index contributed by atoms with van der Waals surface area (Å²) in [6.45, 7) is 2.98. The van der Waals surface area contributed by atoms with Gasteiger partial charge >= 0.3 is 0 Å². The summed E-state index contributed by atoms with van der Waals surface area (Å²) in [5.41, 5.74) is 5.93. The van der Waals surface area contributed by atoms with E-state index in [1.807, 2.05) is 29.2 Å². The largest absolute Gasteiger partial charge is 0.504 e. The number of likely N-dealkylation sites (N-methyl/N-ethyl adjacent to an activating group) is 1. The van der Waals surface area contributed by atoms with Crippen molar-refractivity contribution in [1.29, 1.82) is 0 Å². The lowest BCUT2D eigenvalue weighted by Gasteiger charge is -2.34. The Hall–Kier alpha value is -2.61. The fraction of sp³-hybridized carbons (Fsp3) is 0.500. The number of rotatable bonds is 9. The Bertz CT molecular complexity index is 1020. The number of nitrogens with zero attached hydrogens (tertiary/aromatic N) is 2. The molecule has 1 heterocycles. The van der Waals surface area contributed by atoms with Gasteiger partial charge in [-0.25, -0.2) is 0 Å². The second-order valence-electron chi connectivity index (χ2n) is 9.25. The molecule has 178 valence electrons. The third kappa shape index (κ3) is 5.00. The van der Waals surface area contributed by atoms with Crippen molar-refractivity contribution >= 4 is 5.91 Å². The first-order chi connectivity index (χ1) is 15.9. The number of aliphatic hydroxyl groups is 2. The highest BCUT2D eigenvalue weighted by molar-refractivity contribution is 5.80. The minimum atomic E-state index is -0.133. The van der Waals surface area contributed by atoms with E-state index >= 15 is 0 Å². The summed E-state index contributed by atoms with van der Waals surface area (Å²) in [5, 5.41) is 29.2. The normalized spacial score (nSPS) is 17.4. The number of benzene rings is 2. The number of phenolic OH excluding ortho intramolecular Hbond substituents is 1. The SMILES string of the molecule is COc1cc2c(cc1O)C(CN(C)CCCN1CCc3cc(CO)c(CO)cc3CC1=O)C2. The Morgan fingerprint density at radius 2 is 1.82 bits per heavy atom. The maximum absolute atomic E-state index is 12.8. The third-order valence-electron chi connectivity index (χ3n) is 7.05. The zero-order valence-corrected chi connectivity index (χ0v) is 19.5. The summed E-state index contributed by atoms with van der Waals surface area (Å²) >= 11 is 0. The molecule has 0 aromatic heterocycles. The Labute approximate surface area is 195 Å². The summed E-state index contributed by atoms with van der Waals surface area (Å²) in [4.78, 5) is 17.1. The third-order valence-corrected chi connectivity index (χ3v) is 7.05. The Kier molecular flexibility index (Phi) is 7.22. The molecule has 1 amide bonds. The molecule has 1 aliphatic heterocycles. The first-order valence-electron chi connectivity index (χ1n) is 11.6. The van der Waals surface area contributed by atoms with E-state index < -0.39 is 0 Å². The molecule has 0 fully saturated rings. The number of aromatic hydroxyl groups is 1. The molecule has 1 atom stereocenters. The second-order valence-corrected chi connectivity index (χ2v) is 9.25. The van der Waals surface area contributed by atoms with Crippen LogP contribution in [0.4, 0.5) is 0 Å². The zero-order valence-electron chi connectivity index (χ0n) is 19.5. The van der Waals surface area contributed by atoms with Crippen molar-refractivity contribution in [3.63, 3.8) is 0 Å². The highest BCUT2D eigenvalue weighted by Gasteiger charge is 2.29. The van der Waals surface area contributed by atoms with Gasteiger partial charge in [-0.05, 0) is 78.4 Å². The molecule has 1 unspecified atom stereocenters. The van der Waals surface area contributed by atoms with Crippen LogP contribution < -0.4 is 4.74 Å². The number of amides is 1. The molecule has 0 spiro atoms. The molecule has 33 heavy (non-hydrogen) atoms. The standard InChI is InChI=1S/C26H34N2O5/c1-27(14-20-10-19-11-25(33-2)24(31)13-23(19)20)5-3-6-28-7-4-17-8-21(15-29)22(16-30)9-18(17)12-26(28)32/h8-9,11,13,20,29-31H,3-7,10,12,14-16H2,1-2H3.